The molecule has 3 rings (SSSR count). The quantitative estimate of drug-likeness (QED) is 0.787. The highest BCUT2D eigenvalue weighted by Gasteiger charge is 2.27. The highest BCUT2D eigenvalue weighted by atomic mass is 16.5. The zero-order chi connectivity index (χ0) is 18.5. The summed E-state index contributed by atoms with van der Waals surface area (Å²) in [6, 6.07) is 5.58. The number of nitrogens with zero attached hydrogens (tertiary/aromatic N) is 3. The molecule has 0 spiro atoms. The molecule has 0 saturated carbocycles. The Morgan fingerprint density at radius 3 is 2.46 bits per heavy atom. The molecule has 1 aliphatic heterocycles. The van der Waals surface area contributed by atoms with E-state index in [9.17, 15) is 14.9 Å². The van der Waals surface area contributed by atoms with E-state index in [4.69, 9.17) is 9.15 Å². The topological polar surface area (TPSA) is 88.5 Å². The van der Waals surface area contributed by atoms with Crippen LogP contribution in [0.15, 0.2) is 28.9 Å². The van der Waals surface area contributed by atoms with Gasteiger partial charge in [-0.3, -0.25) is 9.36 Å². The minimum Gasteiger partial charge on any atom is -0.452 e. The molecule has 0 bridgehead atoms. The van der Waals surface area contributed by atoms with Crippen molar-refractivity contribution in [3.8, 4) is 12.0 Å². The van der Waals surface area contributed by atoms with Crippen molar-refractivity contribution in [2.45, 2.75) is 32.6 Å². The largest absolute Gasteiger partial charge is 0.452 e. The summed E-state index contributed by atoms with van der Waals surface area (Å²) in [7, 11) is 0. The lowest BCUT2D eigenvalue weighted by molar-refractivity contribution is -0.134. The highest BCUT2D eigenvalue weighted by Crippen LogP contribution is 2.26. The zero-order valence-corrected chi connectivity index (χ0v) is 14.7. The number of aromatic nitrogens is 1. The van der Waals surface area contributed by atoms with Gasteiger partial charge in [0.2, 0.25) is 5.88 Å². The number of hydrogen-bond acceptors (Lipinski definition) is 5. The standard InChI is InChI=1S/C19H21N3O4/c1-14-17(15(12-20)18(26-14)22-10-6-7-11-22)19(24)25-13-16(23)21-8-4-2-3-5-9-21/h6-7,10-11H,2-5,8-9,13H2,1H3. The van der Waals surface area contributed by atoms with Crippen LogP contribution in [0.4, 0.5) is 0 Å². The molecular formula is C19H21N3O4. The lowest BCUT2D eigenvalue weighted by Crippen LogP contribution is -2.35. The SMILES string of the molecule is Cc1oc(-n2cccc2)c(C#N)c1C(=O)OCC(=O)N1CCCCCC1. The first kappa shape index (κ1) is 17.8. The van der Waals surface area contributed by atoms with Gasteiger partial charge in [0.15, 0.2) is 6.61 Å². The van der Waals surface area contributed by atoms with Gasteiger partial charge in [0, 0.05) is 25.5 Å². The summed E-state index contributed by atoms with van der Waals surface area (Å²) in [5.41, 5.74) is 0.172. The molecule has 0 aromatic carbocycles. The normalized spacial score (nSPS) is 14.5. The zero-order valence-electron chi connectivity index (χ0n) is 14.7. The van der Waals surface area contributed by atoms with E-state index in [0.717, 1.165) is 25.7 Å². The summed E-state index contributed by atoms with van der Waals surface area (Å²) in [5, 5.41) is 9.47. The number of aryl methyl sites for hydroxylation is 1. The molecule has 0 atom stereocenters. The lowest BCUT2D eigenvalue weighted by atomic mass is 10.1. The molecule has 7 nitrogen and oxygen atoms in total. The molecule has 2 aromatic heterocycles. The maximum atomic E-state index is 12.5. The van der Waals surface area contributed by atoms with Crippen LogP contribution in [-0.4, -0.2) is 41.0 Å². The van der Waals surface area contributed by atoms with Crippen LogP contribution in [0.2, 0.25) is 0 Å². The number of ether oxygens (including phenoxy) is 1. The van der Waals surface area contributed by atoms with E-state index in [-0.39, 0.29) is 35.3 Å². The second kappa shape index (κ2) is 7.91. The third-order valence-corrected chi connectivity index (χ3v) is 4.51. The molecule has 7 heteroatoms. The summed E-state index contributed by atoms with van der Waals surface area (Å²) in [6.07, 6.45) is 7.61. The predicted molar refractivity (Wildman–Crippen MR) is 92.8 cm³/mol. The second-order valence-electron chi connectivity index (χ2n) is 6.29. The van der Waals surface area contributed by atoms with Gasteiger partial charge in [0.05, 0.1) is 0 Å². The van der Waals surface area contributed by atoms with Gasteiger partial charge in [-0.1, -0.05) is 12.8 Å². The van der Waals surface area contributed by atoms with Gasteiger partial charge >= 0.3 is 5.97 Å². The van der Waals surface area contributed by atoms with E-state index in [1.807, 2.05) is 6.07 Å². The molecule has 1 amide bonds. The Bertz CT molecular complexity index is 822. The number of rotatable bonds is 4. The Morgan fingerprint density at radius 1 is 1.19 bits per heavy atom. The summed E-state index contributed by atoms with van der Waals surface area (Å²) >= 11 is 0. The summed E-state index contributed by atoms with van der Waals surface area (Å²) in [4.78, 5) is 26.5. The molecule has 0 unspecified atom stereocenters. The Morgan fingerprint density at radius 2 is 1.85 bits per heavy atom. The Kier molecular flexibility index (Phi) is 5.42. The smallest absolute Gasteiger partial charge is 0.343 e. The van der Waals surface area contributed by atoms with Crippen LogP contribution >= 0.6 is 0 Å². The van der Waals surface area contributed by atoms with E-state index in [1.54, 1.807) is 40.9 Å². The van der Waals surface area contributed by atoms with E-state index >= 15 is 0 Å². The summed E-state index contributed by atoms with van der Waals surface area (Å²) < 4.78 is 12.4. The van der Waals surface area contributed by atoms with Crippen LogP contribution in [0.1, 0.15) is 47.4 Å². The number of furan rings is 1. The van der Waals surface area contributed by atoms with Crippen molar-refractivity contribution >= 4 is 11.9 Å². The fourth-order valence-electron chi connectivity index (χ4n) is 3.14. The minimum absolute atomic E-state index is 0.0693. The molecule has 0 radical (unpaired) electrons. The fraction of sp³-hybridized carbons (Fsp3) is 0.421. The average Bonchev–Trinajstić information content (AvgIpc) is 3.18. The van der Waals surface area contributed by atoms with Crippen LogP contribution in [0.3, 0.4) is 0 Å². The molecule has 0 N–H and O–H groups in total. The Labute approximate surface area is 151 Å². The number of carbonyl (C=O) groups excluding carboxylic acids is 2. The minimum atomic E-state index is -0.718. The first-order chi connectivity index (χ1) is 12.6. The molecule has 1 fully saturated rings. The molecule has 0 aliphatic carbocycles. The number of hydrogen-bond donors (Lipinski definition) is 0. The van der Waals surface area contributed by atoms with Crippen molar-refractivity contribution in [3.63, 3.8) is 0 Å². The number of esters is 1. The van der Waals surface area contributed by atoms with Gasteiger partial charge in [-0.25, -0.2) is 4.79 Å². The van der Waals surface area contributed by atoms with Crippen molar-refractivity contribution in [3.05, 3.63) is 41.4 Å². The first-order valence-electron chi connectivity index (χ1n) is 8.73. The van der Waals surface area contributed by atoms with Crippen LogP contribution in [0.25, 0.3) is 5.88 Å². The number of nitriles is 1. The fourth-order valence-corrected chi connectivity index (χ4v) is 3.14. The summed E-state index contributed by atoms with van der Waals surface area (Å²) in [5.74, 6) is -0.367. The van der Waals surface area contributed by atoms with Gasteiger partial charge in [-0.2, -0.15) is 5.26 Å². The molecule has 26 heavy (non-hydrogen) atoms. The van der Waals surface area contributed by atoms with Gasteiger partial charge in [-0.05, 0) is 31.9 Å². The molecule has 3 heterocycles. The maximum absolute atomic E-state index is 12.5. The van der Waals surface area contributed by atoms with Gasteiger partial charge in [0.25, 0.3) is 5.91 Å². The first-order valence-corrected chi connectivity index (χ1v) is 8.73. The van der Waals surface area contributed by atoms with Crippen LogP contribution in [0.5, 0.6) is 0 Å². The molecule has 1 saturated heterocycles. The number of likely N-dealkylation sites (tertiary alicyclic amines) is 1. The van der Waals surface area contributed by atoms with Gasteiger partial charge < -0.3 is 14.1 Å². The van der Waals surface area contributed by atoms with E-state index < -0.39 is 5.97 Å². The van der Waals surface area contributed by atoms with E-state index in [1.165, 1.54) is 0 Å². The van der Waals surface area contributed by atoms with Gasteiger partial charge in [-0.15, -0.1) is 0 Å². The second-order valence-corrected chi connectivity index (χ2v) is 6.29. The van der Waals surface area contributed by atoms with Crippen molar-refractivity contribution in [1.29, 1.82) is 5.26 Å². The molecular weight excluding hydrogens is 334 g/mol. The maximum Gasteiger partial charge on any atom is 0.343 e. The Hall–Kier alpha value is -3.01. The molecule has 136 valence electrons. The third-order valence-electron chi connectivity index (χ3n) is 4.51. The van der Waals surface area contributed by atoms with Gasteiger partial charge in [0.1, 0.15) is 23.0 Å². The molecule has 2 aromatic rings. The highest BCUT2D eigenvalue weighted by molar-refractivity contribution is 5.95. The monoisotopic (exact) mass is 355 g/mol. The lowest BCUT2D eigenvalue weighted by Gasteiger charge is -2.19. The number of amides is 1. The van der Waals surface area contributed by atoms with Crippen molar-refractivity contribution in [2.75, 3.05) is 19.7 Å². The van der Waals surface area contributed by atoms with Crippen molar-refractivity contribution in [2.24, 2.45) is 0 Å². The summed E-state index contributed by atoms with van der Waals surface area (Å²) in [6.45, 7) is 2.67. The van der Waals surface area contributed by atoms with Crippen molar-refractivity contribution in [1.82, 2.24) is 9.47 Å². The number of carbonyl (C=O) groups is 2. The average molecular weight is 355 g/mol. The predicted octanol–water partition coefficient (Wildman–Crippen LogP) is 2.81. The van der Waals surface area contributed by atoms with E-state index in [2.05, 4.69) is 0 Å². The third kappa shape index (κ3) is 3.64. The van der Waals surface area contributed by atoms with Crippen LogP contribution in [-0.2, 0) is 9.53 Å². The van der Waals surface area contributed by atoms with Crippen LogP contribution < -0.4 is 0 Å². The molecule has 1 aliphatic rings. The van der Waals surface area contributed by atoms with Crippen LogP contribution in [0, 0.1) is 18.3 Å². The Balaban J connectivity index is 1.72. The van der Waals surface area contributed by atoms with Crippen molar-refractivity contribution < 1.29 is 18.7 Å². The van der Waals surface area contributed by atoms with E-state index in [0.29, 0.717) is 13.1 Å².